The van der Waals surface area contributed by atoms with Crippen molar-refractivity contribution in [3.8, 4) is 11.5 Å². The predicted molar refractivity (Wildman–Crippen MR) is 111 cm³/mol. The number of methoxy groups -OCH3 is 2. The van der Waals surface area contributed by atoms with Gasteiger partial charge in [-0.1, -0.05) is 11.6 Å². The molecule has 2 rings (SSSR count). The smallest absolute Gasteiger partial charge is 0.416 e. The van der Waals surface area contributed by atoms with Crippen molar-refractivity contribution in [1.82, 2.24) is 0 Å². The molecule has 0 saturated carbocycles. The normalized spacial score (nSPS) is 11.2. The Morgan fingerprint density at radius 3 is 2.45 bits per heavy atom. The van der Waals surface area contributed by atoms with Gasteiger partial charge in [-0.25, -0.2) is 4.79 Å². The summed E-state index contributed by atoms with van der Waals surface area (Å²) in [6.07, 6.45) is -2.48. The molecule has 0 fully saturated rings. The Bertz CT molecular complexity index is 1100. The summed E-state index contributed by atoms with van der Waals surface area (Å²) in [6, 6.07) is 4.62. The van der Waals surface area contributed by atoms with Crippen molar-refractivity contribution in [3.05, 3.63) is 62.7 Å². The van der Waals surface area contributed by atoms with Gasteiger partial charge in [0.1, 0.15) is 5.69 Å². The van der Waals surface area contributed by atoms with Crippen LogP contribution in [0.25, 0.3) is 6.08 Å². The van der Waals surface area contributed by atoms with E-state index in [1.807, 2.05) is 5.32 Å². The van der Waals surface area contributed by atoms with Crippen molar-refractivity contribution in [2.75, 3.05) is 26.1 Å². The minimum atomic E-state index is -4.80. The topological polar surface area (TPSA) is 117 Å². The molecule has 0 aliphatic heterocycles. The number of ether oxygens (including phenoxy) is 3. The number of alkyl halides is 3. The number of hydrogen-bond donors (Lipinski definition) is 1. The van der Waals surface area contributed by atoms with Gasteiger partial charge in [0.2, 0.25) is 0 Å². The molecule has 0 heterocycles. The van der Waals surface area contributed by atoms with Gasteiger partial charge in [-0.05, 0) is 35.9 Å². The molecule has 176 valence electrons. The van der Waals surface area contributed by atoms with Crippen LogP contribution in [0.5, 0.6) is 11.5 Å². The molecule has 0 saturated heterocycles. The van der Waals surface area contributed by atoms with Crippen LogP contribution >= 0.6 is 11.6 Å². The van der Waals surface area contributed by atoms with Crippen molar-refractivity contribution in [2.45, 2.75) is 6.18 Å². The van der Waals surface area contributed by atoms with Crippen LogP contribution in [0.1, 0.15) is 11.1 Å². The summed E-state index contributed by atoms with van der Waals surface area (Å²) in [4.78, 5) is 33.8. The lowest BCUT2D eigenvalue weighted by atomic mass is 10.1. The number of nitrogens with zero attached hydrogens (tertiary/aromatic N) is 1. The zero-order chi connectivity index (χ0) is 24.8. The lowest BCUT2D eigenvalue weighted by Gasteiger charge is -2.10. The summed E-state index contributed by atoms with van der Waals surface area (Å²) in [5.41, 5.74) is -2.24. The molecular weight excluding hydrogens is 473 g/mol. The predicted octanol–water partition coefficient (Wildman–Crippen LogP) is 4.48. The minimum Gasteiger partial charge on any atom is -0.493 e. The van der Waals surface area contributed by atoms with Crippen molar-refractivity contribution in [2.24, 2.45) is 0 Å². The SMILES string of the molecule is COc1cc(/C=C/C(=O)OCC(=O)Nc2ccc(C(F)(F)F)cc2[N+](=O)[O-])cc(Cl)c1OC. The fourth-order valence-electron chi connectivity index (χ4n) is 2.53. The molecule has 0 unspecified atom stereocenters. The maximum Gasteiger partial charge on any atom is 0.416 e. The fourth-order valence-corrected chi connectivity index (χ4v) is 2.83. The van der Waals surface area contributed by atoms with Gasteiger partial charge in [0.25, 0.3) is 11.6 Å². The lowest BCUT2D eigenvalue weighted by Crippen LogP contribution is -2.21. The first-order valence-corrected chi connectivity index (χ1v) is 9.26. The maximum absolute atomic E-state index is 12.7. The van der Waals surface area contributed by atoms with E-state index in [1.165, 1.54) is 32.4 Å². The van der Waals surface area contributed by atoms with Crippen LogP contribution in [0.3, 0.4) is 0 Å². The van der Waals surface area contributed by atoms with Gasteiger partial charge in [-0.3, -0.25) is 14.9 Å². The second-order valence-corrected chi connectivity index (χ2v) is 6.62. The molecule has 0 aliphatic carbocycles. The number of rotatable bonds is 8. The first-order chi connectivity index (χ1) is 15.5. The zero-order valence-electron chi connectivity index (χ0n) is 17.1. The Kier molecular flexibility index (Phi) is 8.24. The number of carbonyl (C=O) groups excluding carboxylic acids is 2. The van der Waals surface area contributed by atoms with Gasteiger partial charge in [0.05, 0.1) is 29.7 Å². The van der Waals surface area contributed by atoms with E-state index in [-0.39, 0.29) is 5.02 Å². The highest BCUT2D eigenvalue weighted by Crippen LogP contribution is 2.36. The summed E-state index contributed by atoms with van der Waals surface area (Å²) in [6.45, 7) is -0.839. The van der Waals surface area contributed by atoms with Gasteiger partial charge in [0, 0.05) is 12.1 Å². The van der Waals surface area contributed by atoms with Gasteiger partial charge >= 0.3 is 12.1 Å². The molecule has 0 aromatic heterocycles. The number of nitro groups is 1. The van der Waals surface area contributed by atoms with E-state index in [4.69, 9.17) is 25.8 Å². The molecular formula is C20H16ClF3N2O7. The van der Waals surface area contributed by atoms with Crippen LogP contribution in [0.15, 0.2) is 36.4 Å². The number of halogens is 4. The van der Waals surface area contributed by atoms with E-state index >= 15 is 0 Å². The number of benzene rings is 2. The summed E-state index contributed by atoms with van der Waals surface area (Å²) < 4.78 is 53.2. The Morgan fingerprint density at radius 2 is 1.88 bits per heavy atom. The van der Waals surface area contributed by atoms with Crippen LogP contribution in [-0.2, 0) is 20.5 Å². The van der Waals surface area contributed by atoms with E-state index in [0.29, 0.717) is 29.2 Å². The molecule has 1 N–H and O–H groups in total. The first-order valence-electron chi connectivity index (χ1n) is 8.88. The molecule has 1 amide bonds. The monoisotopic (exact) mass is 488 g/mol. The standard InChI is InChI=1S/C20H16ClF3N2O7/c1-31-16-8-11(7-13(21)19(16)32-2)3-6-18(28)33-10-17(27)25-14-5-4-12(20(22,23)24)9-15(14)26(29)30/h3-9H,10H2,1-2H3,(H,25,27)/b6-3+. The van der Waals surface area contributed by atoms with Crippen LogP contribution in [0.2, 0.25) is 5.02 Å². The third kappa shape index (κ3) is 6.84. The van der Waals surface area contributed by atoms with Crippen molar-refractivity contribution < 1.29 is 41.9 Å². The highest BCUT2D eigenvalue weighted by Gasteiger charge is 2.33. The average molecular weight is 489 g/mol. The Hall–Kier alpha value is -3.80. The van der Waals surface area contributed by atoms with E-state index in [2.05, 4.69) is 0 Å². The van der Waals surface area contributed by atoms with Gasteiger partial charge in [-0.15, -0.1) is 0 Å². The van der Waals surface area contributed by atoms with E-state index in [9.17, 15) is 32.9 Å². The van der Waals surface area contributed by atoms with Crippen LogP contribution in [0, 0.1) is 10.1 Å². The summed E-state index contributed by atoms with van der Waals surface area (Å²) in [7, 11) is 2.80. The molecule has 33 heavy (non-hydrogen) atoms. The highest BCUT2D eigenvalue weighted by atomic mass is 35.5. The number of amides is 1. The molecule has 13 heteroatoms. The number of nitro benzene ring substituents is 1. The molecule has 0 aliphatic rings. The van der Waals surface area contributed by atoms with Gasteiger partial charge in [-0.2, -0.15) is 13.2 Å². The summed E-state index contributed by atoms with van der Waals surface area (Å²) >= 11 is 6.06. The largest absolute Gasteiger partial charge is 0.493 e. The Labute approximate surface area is 189 Å². The fraction of sp³-hybridized carbons (Fsp3) is 0.200. The van der Waals surface area contributed by atoms with Gasteiger partial charge in [0.15, 0.2) is 18.1 Å². The van der Waals surface area contributed by atoms with Crippen LogP contribution in [0.4, 0.5) is 24.5 Å². The summed E-state index contributed by atoms with van der Waals surface area (Å²) in [5.74, 6) is -1.31. The Morgan fingerprint density at radius 1 is 1.18 bits per heavy atom. The van der Waals surface area contributed by atoms with E-state index < -0.39 is 46.5 Å². The van der Waals surface area contributed by atoms with Crippen molar-refractivity contribution in [3.63, 3.8) is 0 Å². The van der Waals surface area contributed by atoms with Crippen LogP contribution < -0.4 is 14.8 Å². The quantitative estimate of drug-likeness (QED) is 0.252. The number of hydrogen-bond acceptors (Lipinski definition) is 7. The second-order valence-electron chi connectivity index (χ2n) is 6.21. The van der Waals surface area contributed by atoms with E-state index in [1.54, 1.807) is 0 Å². The molecule has 0 spiro atoms. The molecule has 0 bridgehead atoms. The lowest BCUT2D eigenvalue weighted by molar-refractivity contribution is -0.384. The third-order valence-electron chi connectivity index (χ3n) is 4.01. The minimum absolute atomic E-state index is 0.224. The number of esters is 1. The number of nitrogens with one attached hydrogen (secondary N) is 1. The number of anilines is 1. The molecule has 2 aromatic carbocycles. The average Bonchev–Trinajstić information content (AvgIpc) is 2.75. The highest BCUT2D eigenvalue weighted by molar-refractivity contribution is 6.32. The third-order valence-corrected chi connectivity index (χ3v) is 4.29. The number of carbonyl (C=O) groups is 2. The molecule has 9 nitrogen and oxygen atoms in total. The van der Waals surface area contributed by atoms with Gasteiger partial charge < -0.3 is 19.5 Å². The molecule has 0 atom stereocenters. The first kappa shape index (κ1) is 25.5. The van der Waals surface area contributed by atoms with E-state index in [0.717, 1.165) is 12.1 Å². The van der Waals surface area contributed by atoms with Crippen molar-refractivity contribution in [1.29, 1.82) is 0 Å². The maximum atomic E-state index is 12.7. The Balaban J connectivity index is 2.02. The second kappa shape index (κ2) is 10.7. The summed E-state index contributed by atoms with van der Waals surface area (Å²) in [5, 5.41) is 13.3. The molecule has 2 aromatic rings. The van der Waals surface area contributed by atoms with Crippen LogP contribution in [-0.4, -0.2) is 37.6 Å². The zero-order valence-corrected chi connectivity index (χ0v) is 17.8. The van der Waals surface area contributed by atoms with Crippen molar-refractivity contribution >= 4 is 40.9 Å². The molecule has 0 radical (unpaired) electrons.